The van der Waals surface area contributed by atoms with Gasteiger partial charge in [0.2, 0.25) is 0 Å². The van der Waals surface area contributed by atoms with E-state index in [0.29, 0.717) is 0 Å². The van der Waals surface area contributed by atoms with Gasteiger partial charge in [-0.2, -0.15) is 0 Å². The molecule has 0 aliphatic heterocycles. The molecule has 1 atom stereocenters. The van der Waals surface area contributed by atoms with Gasteiger partial charge in [-0.1, -0.05) is 34.8 Å². The molecule has 0 radical (unpaired) electrons. The van der Waals surface area contributed by atoms with Crippen molar-refractivity contribution in [2.45, 2.75) is 12.5 Å². The highest BCUT2D eigenvalue weighted by Crippen LogP contribution is 2.33. The Morgan fingerprint density at radius 3 is 2.05 bits per heavy atom. The predicted octanol–water partition coefficient (Wildman–Crippen LogP) is 2.70. The van der Waals surface area contributed by atoms with Gasteiger partial charge >= 0.3 is 18.0 Å². The van der Waals surface area contributed by atoms with Crippen LogP contribution in [0, 0.1) is 0 Å². The molecule has 2 amide bonds. The third-order valence-electron chi connectivity index (χ3n) is 2.23. The summed E-state index contributed by atoms with van der Waals surface area (Å²) < 4.78 is 0. The first-order valence-corrected chi connectivity index (χ1v) is 6.50. The number of halogens is 3. The fraction of sp³-hybridized carbons (Fsp3) is 0.182. The molecule has 0 saturated carbocycles. The Labute approximate surface area is 133 Å². The van der Waals surface area contributed by atoms with E-state index in [1.165, 1.54) is 12.1 Å². The van der Waals surface area contributed by atoms with Gasteiger partial charge in [-0.25, -0.2) is 9.59 Å². The van der Waals surface area contributed by atoms with E-state index >= 15 is 0 Å². The highest BCUT2D eigenvalue weighted by Gasteiger charge is 2.23. The molecule has 21 heavy (non-hydrogen) atoms. The van der Waals surface area contributed by atoms with Crippen molar-refractivity contribution in [3.63, 3.8) is 0 Å². The lowest BCUT2D eigenvalue weighted by atomic mass is 10.2. The smallest absolute Gasteiger partial charge is 0.326 e. The van der Waals surface area contributed by atoms with Crippen molar-refractivity contribution >= 4 is 58.5 Å². The molecule has 0 bridgehead atoms. The molecule has 0 aromatic heterocycles. The van der Waals surface area contributed by atoms with E-state index in [1.54, 1.807) is 0 Å². The summed E-state index contributed by atoms with van der Waals surface area (Å²) in [4.78, 5) is 33.0. The maximum atomic E-state index is 11.7. The lowest BCUT2D eigenvalue weighted by Gasteiger charge is -2.14. The van der Waals surface area contributed by atoms with Gasteiger partial charge in [0, 0.05) is 5.02 Å². The molecule has 0 saturated heterocycles. The molecule has 1 aromatic rings. The molecule has 1 rings (SSSR count). The number of rotatable bonds is 5. The molecule has 0 heterocycles. The van der Waals surface area contributed by atoms with E-state index in [4.69, 9.17) is 45.0 Å². The minimum atomic E-state index is -1.59. The topological polar surface area (TPSA) is 116 Å². The number of urea groups is 1. The van der Waals surface area contributed by atoms with Gasteiger partial charge in [0.15, 0.2) is 0 Å². The highest BCUT2D eigenvalue weighted by molar-refractivity contribution is 6.42. The zero-order valence-corrected chi connectivity index (χ0v) is 12.5. The summed E-state index contributed by atoms with van der Waals surface area (Å²) in [6.07, 6.45) is -0.773. The van der Waals surface area contributed by atoms with Crippen LogP contribution >= 0.6 is 34.8 Å². The van der Waals surface area contributed by atoms with Crippen LogP contribution in [-0.4, -0.2) is 34.2 Å². The zero-order chi connectivity index (χ0) is 16.2. The zero-order valence-electron chi connectivity index (χ0n) is 10.2. The van der Waals surface area contributed by atoms with Crippen LogP contribution in [-0.2, 0) is 9.59 Å². The fourth-order valence-corrected chi connectivity index (χ4v) is 2.26. The van der Waals surface area contributed by atoms with Gasteiger partial charge in [0.1, 0.15) is 6.04 Å². The van der Waals surface area contributed by atoms with Gasteiger partial charge in [-0.05, 0) is 12.1 Å². The second-order valence-corrected chi connectivity index (χ2v) is 5.08. The van der Waals surface area contributed by atoms with Crippen LogP contribution in [0.3, 0.4) is 0 Å². The Morgan fingerprint density at radius 1 is 1.10 bits per heavy atom. The summed E-state index contributed by atoms with van der Waals surface area (Å²) >= 11 is 17.4. The number of carboxylic acid groups (broad SMARTS) is 2. The number of nitrogens with one attached hydrogen (secondary N) is 2. The van der Waals surface area contributed by atoms with Crippen LogP contribution in [0.15, 0.2) is 12.1 Å². The summed E-state index contributed by atoms with van der Waals surface area (Å²) in [5, 5.41) is 21.9. The van der Waals surface area contributed by atoms with E-state index < -0.39 is 30.4 Å². The van der Waals surface area contributed by atoms with Crippen molar-refractivity contribution in [2.75, 3.05) is 5.32 Å². The summed E-state index contributed by atoms with van der Waals surface area (Å²) in [7, 11) is 0. The van der Waals surface area contributed by atoms with Crippen LogP contribution in [0.5, 0.6) is 0 Å². The Balaban J connectivity index is 2.82. The van der Waals surface area contributed by atoms with Crippen molar-refractivity contribution in [1.29, 1.82) is 0 Å². The monoisotopic (exact) mass is 354 g/mol. The predicted molar refractivity (Wildman–Crippen MR) is 77.3 cm³/mol. The Bertz CT molecular complexity index is 570. The molecular formula is C11H9Cl3N2O5. The minimum Gasteiger partial charge on any atom is -0.481 e. The van der Waals surface area contributed by atoms with Crippen LogP contribution in [0.4, 0.5) is 10.5 Å². The second kappa shape index (κ2) is 7.35. The lowest BCUT2D eigenvalue weighted by molar-refractivity contribution is -0.145. The molecule has 0 aliphatic carbocycles. The fourth-order valence-electron chi connectivity index (χ4n) is 1.34. The SMILES string of the molecule is O=C(O)CC(NC(=O)Nc1c(Cl)cc(Cl)cc1Cl)C(=O)O. The molecule has 0 aliphatic rings. The van der Waals surface area contributed by atoms with Gasteiger partial charge in [-0.15, -0.1) is 0 Å². The summed E-state index contributed by atoms with van der Waals surface area (Å²) in [6.45, 7) is 0. The van der Waals surface area contributed by atoms with Gasteiger partial charge < -0.3 is 20.8 Å². The Kier molecular flexibility index (Phi) is 6.07. The van der Waals surface area contributed by atoms with Crippen LogP contribution in [0.2, 0.25) is 15.1 Å². The molecule has 0 fully saturated rings. The number of carbonyl (C=O) groups excluding carboxylic acids is 1. The van der Waals surface area contributed by atoms with Crippen LogP contribution in [0.25, 0.3) is 0 Å². The third kappa shape index (κ3) is 5.30. The average Bonchev–Trinajstić information content (AvgIpc) is 2.32. The number of amides is 2. The van der Waals surface area contributed by atoms with Gasteiger partial charge in [-0.3, -0.25) is 4.79 Å². The number of hydrogen-bond donors (Lipinski definition) is 4. The number of carbonyl (C=O) groups is 3. The first-order valence-electron chi connectivity index (χ1n) is 5.37. The number of hydrogen-bond acceptors (Lipinski definition) is 3. The average molecular weight is 356 g/mol. The maximum absolute atomic E-state index is 11.7. The number of carboxylic acids is 2. The van der Waals surface area contributed by atoms with Crippen molar-refractivity contribution in [2.24, 2.45) is 0 Å². The molecule has 4 N–H and O–H groups in total. The Morgan fingerprint density at radius 2 is 1.62 bits per heavy atom. The Hall–Kier alpha value is -1.70. The molecule has 1 unspecified atom stereocenters. The summed E-state index contributed by atoms with van der Waals surface area (Å²) in [5.41, 5.74) is 0.0275. The van der Waals surface area contributed by atoms with Crippen LogP contribution < -0.4 is 10.6 Å². The number of anilines is 1. The van der Waals surface area contributed by atoms with Gasteiger partial charge in [0.05, 0.1) is 22.2 Å². The van der Waals surface area contributed by atoms with Crippen molar-refractivity contribution < 1.29 is 24.6 Å². The quantitative estimate of drug-likeness (QED) is 0.648. The van der Waals surface area contributed by atoms with Crippen LogP contribution in [0.1, 0.15) is 6.42 Å². The highest BCUT2D eigenvalue weighted by atomic mass is 35.5. The largest absolute Gasteiger partial charge is 0.481 e. The van der Waals surface area contributed by atoms with Crippen molar-refractivity contribution in [1.82, 2.24) is 5.32 Å². The first-order chi connectivity index (χ1) is 9.70. The molecule has 114 valence electrons. The van der Waals surface area contributed by atoms with E-state index in [-0.39, 0.29) is 20.8 Å². The van der Waals surface area contributed by atoms with E-state index in [9.17, 15) is 14.4 Å². The summed E-state index contributed by atoms with van der Waals surface area (Å²) in [6, 6.07) is 0.106. The lowest BCUT2D eigenvalue weighted by Crippen LogP contribution is -2.44. The number of aliphatic carboxylic acids is 2. The first kappa shape index (κ1) is 17.4. The van der Waals surface area contributed by atoms with E-state index in [2.05, 4.69) is 5.32 Å². The summed E-state index contributed by atoms with van der Waals surface area (Å²) in [5.74, 6) is -2.86. The van der Waals surface area contributed by atoms with E-state index in [0.717, 1.165) is 0 Å². The normalized spacial score (nSPS) is 11.6. The second-order valence-electron chi connectivity index (χ2n) is 3.83. The molecule has 0 spiro atoms. The molecule has 7 nitrogen and oxygen atoms in total. The van der Waals surface area contributed by atoms with Gasteiger partial charge in [0.25, 0.3) is 0 Å². The standard InChI is InChI=1S/C11H9Cl3N2O5/c12-4-1-5(13)9(6(14)2-4)16-11(21)15-7(10(19)20)3-8(17)18/h1-2,7H,3H2,(H,17,18)(H,19,20)(H2,15,16,21). The van der Waals surface area contributed by atoms with Crippen molar-refractivity contribution in [3.05, 3.63) is 27.2 Å². The number of benzene rings is 1. The molecule has 10 heteroatoms. The van der Waals surface area contributed by atoms with Crippen molar-refractivity contribution in [3.8, 4) is 0 Å². The minimum absolute atomic E-state index is 0.0275. The third-order valence-corrected chi connectivity index (χ3v) is 3.04. The maximum Gasteiger partial charge on any atom is 0.326 e. The van der Waals surface area contributed by atoms with E-state index in [1.807, 2.05) is 5.32 Å². The molecule has 1 aromatic carbocycles. The molecular weight excluding hydrogens is 346 g/mol.